The molecular formula is C14H29N3O2S. The fourth-order valence-electron chi connectivity index (χ4n) is 3.72. The van der Waals surface area contributed by atoms with Gasteiger partial charge in [-0.1, -0.05) is 6.42 Å². The summed E-state index contributed by atoms with van der Waals surface area (Å²) in [5, 5.41) is 7.22. The molecule has 1 heterocycles. The summed E-state index contributed by atoms with van der Waals surface area (Å²) in [5.41, 5.74) is -0.441. The Morgan fingerprint density at radius 2 is 1.95 bits per heavy atom. The Morgan fingerprint density at radius 3 is 2.55 bits per heavy atom. The van der Waals surface area contributed by atoms with E-state index in [-0.39, 0.29) is 0 Å². The molecular weight excluding hydrogens is 274 g/mol. The molecule has 1 saturated heterocycles. The van der Waals surface area contributed by atoms with E-state index in [4.69, 9.17) is 0 Å². The third-order valence-electron chi connectivity index (χ3n) is 4.45. The van der Waals surface area contributed by atoms with Gasteiger partial charge in [-0.05, 0) is 52.0 Å². The Hall–Kier alpha value is -0.170. The molecule has 6 heteroatoms. The highest BCUT2D eigenvalue weighted by molar-refractivity contribution is 7.88. The maximum absolute atomic E-state index is 11.4. The maximum atomic E-state index is 11.4. The zero-order valence-electron chi connectivity index (χ0n) is 12.9. The number of hydrogen-bond donors (Lipinski definition) is 3. The lowest BCUT2D eigenvalue weighted by Crippen LogP contribution is -2.53. The van der Waals surface area contributed by atoms with Gasteiger partial charge in [0.1, 0.15) is 0 Å². The van der Waals surface area contributed by atoms with Crippen LogP contribution in [0.15, 0.2) is 0 Å². The fraction of sp³-hybridized carbons (Fsp3) is 1.00. The molecule has 0 bridgehead atoms. The minimum atomic E-state index is -3.16. The minimum Gasteiger partial charge on any atom is -0.314 e. The van der Waals surface area contributed by atoms with Crippen molar-refractivity contribution in [2.45, 2.75) is 63.6 Å². The van der Waals surface area contributed by atoms with Crippen LogP contribution in [-0.2, 0) is 10.0 Å². The van der Waals surface area contributed by atoms with Gasteiger partial charge in [-0.25, -0.2) is 13.1 Å². The first-order chi connectivity index (χ1) is 9.27. The van der Waals surface area contributed by atoms with E-state index in [1.807, 2.05) is 13.8 Å². The molecule has 0 aromatic carbocycles. The van der Waals surface area contributed by atoms with Crippen LogP contribution in [0.2, 0.25) is 0 Å². The summed E-state index contributed by atoms with van der Waals surface area (Å²) in [7, 11) is -3.16. The Bertz CT molecular complexity index is 416. The Kier molecular flexibility index (Phi) is 5.10. The van der Waals surface area contributed by atoms with Crippen LogP contribution in [0.5, 0.6) is 0 Å². The lowest BCUT2D eigenvalue weighted by atomic mass is 9.92. The molecule has 0 amide bonds. The molecule has 20 heavy (non-hydrogen) atoms. The van der Waals surface area contributed by atoms with E-state index in [0.717, 1.165) is 6.54 Å². The first-order valence-electron chi connectivity index (χ1n) is 7.73. The highest BCUT2D eigenvalue weighted by Crippen LogP contribution is 2.32. The lowest BCUT2D eigenvalue weighted by molar-refractivity contribution is 0.297. The number of nitrogens with one attached hydrogen (secondary N) is 3. The quantitative estimate of drug-likeness (QED) is 0.679. The molecule has 2 aliphatic rings. The second-order valence-corrected chi connectivity index (χ2v) is 8.79. The topological polar surface area (TPSA) is 70.2 Å². The van der Waals surface area contributed by atoms with Crippen molar-refractivity contribution in [1.29, 1.82) is 0 Å². The molecule has 0 aromatic rings. The zero-order chi connectivity index (χ0) is 14.8. The van der Waals surface area contributed by atoms with Crippen LogP contribution in [-0.4, -0.2) is 45.4 Å². The molecule has 1 aliphatic heterocycles. The summed E-state index contributed by atoms with van der Waals surface area (Å²) in [6.07, 6.45) is 7.56. The van der Waals surface area contributed by atoms with Crippen molar-refractivity contribution >= 4 is 10.0 Å². The van der Waals surface area contributed by atoms with E-state index in [9.17, 15) is 8.42 Å². The van der Waals surface area contributed by atoms with Gasteiger partial charge in [0, 0.05) is 24.2 Å². The van der Waals surface area contributed by atoms with E-state index in [0.29, 0.717) is 24.5 Å². The van der Waals surface area contributed by atoms with Gasteiger partial charge < -0.3 is 10.6 Å². The summed E-state index contributed by atoms with van der Waals surface area (Å²) in [6, 6.07) is 1.17. The maximum Gasteiger partial charge on any atom is 0.209 e. The standard InChI is InChI=1S/C14H29N3O2S/c1-14(2,17-20(3,18)19)10-16-13-7-4-6-11(13)12-8-5-9-15-12/h11-13,15-17H,4-10H2,1-3H3. The Labute approximate surface area is 123 Å². The SMILES string of the molecule is CC(C)(CNC1CCCC1C1CCCN1)NS(C)(=O)=O. The molecule has 1 saturated carbocycles. The second kappa shape index (κ2) is 6.30. The molecule has 118 valence electrons. The van der Waals surface area contributed by atoms with Crippen molar-refractivity contribution in [2.75, 3.05) is 19.3 Å². The van der Waals surface area contributed by atoms with Crippen LogP contribution < -0.4 is 15.4 Å². The summed E-state index contributed by atoms with van der Waals surface area (Å²) in [6.45, 7) is 5.68. The van der Waals surface area contributed by atoms with E-state index >= 15 is 0 Å². The summed E-state index contributed by atoms with van der Waals surface area (Å²) in [5.74, 6) is 0.700. The largest absolute Gasteiger partial charge is 0.314 e. The molecule has 2 fully saturated rings. The molecule has 0 radical (unpaired) electrons. The van der Waals surface area contributed by atoms with Crippen molar-refractivity contribution in [2.24, 2.45) is 5.92 Å². The number of rotatable bonds is 6. The molecule has 2 rings (SSSR count). The number of sulfonamides is 1. The van der Waals surface area contributed by atoms with Crippen molar-refractivity contribution < 1.29 is 8.42 Å². The summed E-state index contributed by atoms with van der Waals surface area (Å²) < 4.78 is 25.4. The third kappa shape index (κ3) is 4.69. The van der Waals surface area contributed by atoms with E-state index < -0.39 is 15.6 Å². The van der Waals surface area contributed by atoms with Crippen molar-refractivity contribution in [3.8, 4) is 0 Å². The molecule has 3 N–H and O–H groups in total. The zero-order valence-corrected chi connectivity index (χ0v) is 13.7. The van der Waals surface area contributed by atoms with Gasteiger partial charge in [0.05, 0.1) is 6.26 Å². The molecule has 0 spiro atoms. The highest BCUT2D eigenvalue weighted by Gasteiger charge is 2.35. The van der Waals surface area contributed by atoms with Crippen LogP contribution in [0.1, 0.15) is 46.0 Å². The lowest BCUT2D eigenvalue weighted by Gasteiger charge is -2.31. The first kappa shape index (κ1) is 16.2. The van der Waals surface area contributed by atoms with Crippen LogP contribution in [0, 0.1) is 5.92 Å². The predicted molar refractivity (Wildman–Crippen MR) is 82.2 cm³/mol. The van der Waals surface area contributed by atoms with Gasteiger partial charge in [0.2, 0.25) is 10.0 Å². The van der Waals surface area contributed by atoms with Crippen molar-refractivity contribution in [1.82, 2.24) is 15.4 Å². The molecule has 3 atom stereocenters. The Morgan fingerprint density at radius 1 is 1.20 bits per heavy atom. The molecule has 0 aromatic heterocycles. The van der Waals surface area contributed by atoms with E-state index in [1.54, 1.807) is 0 Å². The fourth-order valence-corrected chi connectivity index (χ4v) is 4.80. The van der Waals surface area contributed by atoms with E-state index in [2.05, 4.69) is 15.4 Å². The average Bonchev–Trinajstić information content (AvgIpc) is 2.94. The predicted octanol–water partition coefficient (Wildman–Crippen LogP) is 0.825. The van der Waals surface area contributed by atoms with Crippen molar-refractivity contribution in [3.63, 3.8) is 0 Å². The third-order valence-corrected chi connectivity index (χ3v) is 5.38. The van der Waals surface area contributed by atoms with E-state index in [1.165, 1.54) is 38.4 Å². The van der Waals surface area contributed by atoms with Gasteiger partial charge in [-0.15, -0.1) is 0 Å². The number of hydrogen-bond acceptors (Lipinski definition) is 4. The van der Waals surface area contributed by atoms with Crippen LogP contribution >= 0.6 is 0 Å². The Balaban J connectivity index is 1.86. The smallest absolute Gasteiger partial charge is 0.209 e. The first-order valence-corrected chi connectivity index (χ1v) is 9.62. The molecule has 1 aliphatic carbocycles. The average molecular weight is 303 g/mol. The highest BCUT2D eigenvalue weighted by atomic mass is 32.2. The van der Waals surface area contributed by atoms with Gasteiger partial charge in [0.15, 0.2) is 0 Å². The summed E-state index contributed by atoms with van der Waals surface area (Å²) >= 11 is 0. The summed E-state index contributed by atoms with van der Waals surface area (Å²) in [4.78, 5) is 0. The normalized spacial score (nSPS) is 31.9. The van der Waals surface area contributed by atoms with Gasteiger partial charge in [-0.2, -0.15) is 0 Å². The van der Waals surface area contributed by atoms with Crippen LogP contribution in [0.4, 0.5) is 0 Å². The van der Waals surface area contributed by atoms with Crippen LogP contribution in [0.3, 0.4) is 0 Å². The minimum absolute atomic E-state index is 0.441. The monoisotopic (exact) mass is 303 g/mol. The second-order valence-electron chi connectivity index (χ2n) is 7.04. The molecule has 3 unspecified atom stereocenters. The van der Waals surface area contributed by atoms with Gasteiger partial charge in [0.25, 0.3) is 0 Å². The van der Waals surface area contributed by atoms with Crippen molar-refractivity contribution in [3.05, 3.63) is 0 Å². The molecule has 5 nitrogen and oxygen atoms in total. The van der Waals surface area contributed by atoms with Gasteiger partial charge >= 0.3 is 0 Å². The van der Waals surface area contributed by atoms with Gasteiger partial charge in [-0.3, -0.25) is 0 Å². The van der Waals surface area contributed by atoms with Crippen LogP contribution in [0.25, 0.3) is 0 Å².